The number of aliphatic imine (C=N–C) groups is 1. The minimum absolute atomic E-state index is 0.886. The zero-order chi connectivity index (χ0) is 19.5. The van der Waals surface area contributed by atoms with Gasteiger partial charge in [-0.1, -0.05) is 74.0 Å². The lowest BCUT2D eigenvalue weighted by molar-refractivity contribution is 0.669. The molecule has 0 radical (unpaired) electrons. The first-order valence-electron chi connectivity index (χ1n) is 9.96. The third-order valence-electron chi connectivity index (χ3n) is 5.01. The molecule has 4 rings (SSSR count). The van der Waals surface area contributed by atoms with Crippen molar-refractivity contribution in [2.45, 2.75) is 33.6 Å². The van der Waals surface area contributed by atoms with Crippen LogP contribution in [0.15, 0.2) is 82.2 Å². The zero-order valence-corrected chi connectivity index (χ0v) is 16.7. The van der Waals surface area contributed by atoms with Gasteiger partial charge in [-0.15, -0.1) is 0 Å². The van der Waals surface area contributed by atoms with E-state index in [0.717, 1.165) is 51.8 Å². The van der Waals surface area contributed by atoms with Crippen molar-refractivity contribution in [1.29, 1.82) is 0 Å². The lowest BCUT2D eigenvalue weighted by Gasteiger charge is -2.09. The zero-order valence-electron chi connectivity index (χ0n) is 16.7. The molecule has 0 fully saturated rings. The molecule has 0 aliphatic rings. The van der Waals surface area contributed by atoms with Crippen molar-refractivity contribution in [2.75, 3.05) is 0 Å². The lowest BCUT2D eigenvalue weighted by atomic mass is 10.0. The summed E-state index contributed by atoms with van der Waals surface area (Å²) in [6.45, 7) is 6.43. The molecular formula is C26H25NO. The number of furan rings is 1. The van der Waals surface area contributed by atoms with Crippen molar-refractivity contribution >= 4 is 33.3 Å². The van der Waals surface area contributed by atoms with Crippen LogP contribution in [-0.2, 0) is 0 Å². The standard InChI is InChI=1S/C26H25NO/c1-4-9-24(27-23(5-2)19-11-8-10-18(3)16-19)20-14-15-22-21-12-6-7-13-25(21)28-26(22)17-20/h6-17H,4-5H2,1-3H3/b24-9+,27-23?. The van der Waals surface area contributed by atoms with E-state index in [1.165, 1.54) is 11.1 Å². The quantitative estimate of drug-likeness (QED) is 0.334. The number of allylic oxidation sites excluding steroid dienone is 1. The Morgan fingerprint density at radius 2 is 1.68 bits per heavy atom. The van der Waals surface area contributed by atoms with Crippen molar-refractivity contribution in [3.05, 3.63) is 89.5 Å². The van der Waals surface area contributed by atoms with Gasteiger partial charge in [-0.3, -0.25) is 4.99 Å². The van der Waals surface area contributed by atoms with Crippen molar-refractivity contribution < 1.29 is 4.42 Å². The molecule has 0 N–H and O–H groups in total. The maximum absolute atomic E-state index is 6.08. The minimum atomic E-state index is 0.886. The fourth-order valence-corrected chi connectivity index (χ4v) is 3.62. The van der Waals surface area contributed by atoms with Gasteiger partial charge >= 0.3 is 0 Å². The summed E-state index contributed by atoms with van der Waals surface area (Å²) in [5.41, 5.74) is 7.47. The highest BCUT2D eigenvalue weighted by molar-refractivity contribution is 6.06. The Labute approximate surface area is 166 Å². The Bertz CT molecular complexity index is 1190. The van der Waals surface area contributed by atoms with E-state index in [1.807, 2.05) is 18.2 Å². The first-order valence-corrected chi connectivity index (χ1v) is 9.96. The number of benzene rings is 3. The molecule has 0 bridgehead atoms. The molecule has 0 amide bonds. The number of hydrogen-bond donors (Lipinski definition) is 0. The maximum atomic E-state index is 6.08. The second-order valence-electron chi connectivity index (χ2n) is 7.09. The first kappa shape index (κ1) is 18.2. The highest BCUT2D eigenvalue weighted by atomic mass is 16.3. The number of rotatable bonds is 5. The van der Waals surface area contributed by atoms with Gasteiger partial charge in [0.25, 0.3) is 0 Å². The molecule has 0 saturated heterocycles. The van der Waals surface area contributed by atoms with Crippen LogP contribution in [0, 0.1) is 6.92 Å². The first-order chi connectivity index (χ1) is 13.7. The summed E-state index contributed by atoms with van der Waals surface area (Å²) in [5.74, 6) is 0. The molecule has 2 nitrogen and oxygen atoms in total. The third kappa shape index (κ3) is 3.50. The van der Waals surface area contributed by atoms with Crippen LogP contribution >= 0.6 is 0 Å². The summed E-state index contributed by atoms with van der Waals surface area (Å²) in [7, 11) is 0. The Balaban J connectivity index is 1.81. The second-order valence-corrected chi connectivity index (χ2v) is 7.09. The topological polar surface area (TPSA) is 25.5 Å². The van der Waals surface area contributed by atoms with Gasteiger partial charge in [-0.2, -0.15) is 0 Å². The highest BCUT2D eigenvalue weighted by Gasteiger charge is 2.10. The fourth-order valence-electron chi connectivity index (χ4n) is 3.62. The van der Waals surface area contributed by atoms with Crippen molar-refractivity contribution in [2.24, 2.45) is 4.99 Å². The molecule has 0 aliphatic carbocycles. The van der Waals surface area contributed by atoms with E-state index in [2.05, 4.69) is 75.4 Å². The van der Waals surface area contributed by atoms with Gasteiger partial charge in [-0.25, -0.2) is 0 Å². The number of para-hydroxylation sites is 1. The predicted molar refractivity (Wildman–Crippen MR) is 120 cm³/mol. The summed E-state index contributed by atoms with van der Waals surface area (Å²) in [6.07, 6.45) is 4.01. The Kier molecular flexibility index (Phi) is 5.12. The van der Waals surface area contributed by atoms with Crippen LogP contribution in [0.25, 0.3) is 27.6 Å². The van der Waals surface area contributed by atoms with Crippen LogP contribution in [0.1, 0.15) is 43.4 Å². The normalized spacial score (nSPS) is 12.8. The van der Waals surface area contributed by atoms with Crippen molar-refractivity contribution in [3.63, 3.8) is 0 Å². The van der Waals surface area contributed by atoms with Crippen LogP contribution < -0.4 is 0 Å². The van der Waals surface area contributed by atoms with Crippen LogP contribution in [0.4, 0.5) is 0 Å². The number of aryl methyl sites for hydroxylation is 1. The van der Waals surface area contributed by atoms with E-state index in [-0.39, 0.29) is 0 Å². The van der Waals surface area contributed by atoms with E-state index >= 15 is 0 Å². The molecule has 0 unspecified atom stereocenters. The summed E-state index contributed by atoms with van der Waals surface area (Å²) < 4.78 is 6.08. The minimum Gasteiger partial charge on any atom is -0.456 e. The molecule has 2 heteroatoms. The smallest absolute Gasteiger partial charge is 0.136 e. The number of hydrogen-bond acceptors (Lipinski definition) is 2. The molecule has 0 aliphatic heterocycles. The summed E-state index contributed by atoms with van der Waals surface area (Å²) in [6, 6.07) is 23.2. The Morgan fingerprint density at radius 3 is 2.46 bits per heavy atom. The summed E-state index contributed by atoms with van der Waals surface area (Å²) >= 11 is 0. The molecule has 1 aromatic heterocycles. The molecular weight excluding hydrogens is 342 g/mol. The van der Waals surface area contributed by atoms with Crippen LogP contribution in [-0.4, -0.2) is 5.71 Å². The molecule has 140 valence electrons. The number of nitrogens with zero attached hydrogens (tertiary/aromatic N) is 1. The van der Waals surface area contributed by atoms with Gasteiger partial charge in [0.15, 0.2) is 0 Å². The van der Waals surface area contributed by atoms with E-state index in [1.54, 1.807) is 0 Å². The summed E-state index contributed by atoms with van der Waals surface area (Å²) in [4.78, 5) is 5.06. The molecule has 0 atom stereocenters. The molecule has 28 heavy (non-hydrogen) atoms. The van der Waals surface area contributed by atoms with Crippen molar-refractivity contribution in [1.82, 2.24) is 0 Å². The van der Waals surface area contributed by atoms with Crippen LogP contribution in [0.3, 0.4) is 0 Å². The van der Waals surface area contributed by atoms with Crippen LogP contribution in [0.5, 0.6) is 0 Å². The van der Waals surface area contributed by atoms with Crippen LogP contribution in [0.2, 0.25) is 0 Å². The van der Waals surface area contributed by atoms with Gasteiger partial charge in [0.2, 0.25) is 0 Å². The predicted octanol–water partition coefficient (Wildman–Crippen LogP) is 7.54. The fraction of sp³-hybridized carbons (Fsp3) is 0.192. The third-order valence-corrected chi connectivity index (χ3v) is 5.01. The number of fused-ring (bicyclic) bond motifs is 3. The maximum Gasteiger partial charge on any atom is 0.136 e. The Morgan fingerprint density at radius 1 is 0.857 bits per heavy atom. The molecule has 0 saturated carbocycles. The lowest BCUT2D eigenvalue weighted by Crippen LogP contribution is -2.00. The van der Waals surface area contributed by atoms with E-state index in [0.29, 0.717) is 0 Å². The van der Waals surface area contributed by atoms with Crippen molar-refractivity contribution in [3.8, 4) is 0 Å². The monoisotopic (exact) mass is 367 g/mol. The van der Waals surface area contributed by atoms with E-state index in [9.17, 15) is 0 Å². The average molecular weight is 367 g/mol. The second kappa shape index (κ2) is 7.85. The molecule has 4 aromatic rings. The van der Waals surface area contributed by atoms with Gasteiger partial charge in [-0.05, 0) is 43.5 Å². The van der Waals surface area contributed by atoms with Gasteiger partial charge in [0.1, 0.15) is 11.2 Å². The molecule has 1 heterocycles. The molecule has 0 spiro atoms. The summed E-state index contributed by atoms with van der Waals surface area (Å²) in [5, 5.41) is 2.30. The van der Waals surface area contributed by atoms with Gasteiger partial charge < -0.3 is 4.42 Å². The Hall–Kier alpha value is -3.13. The average Bonchev–Trinajstić information content (AvgIpc) is 3.09. The molecule has 3 aromatic carbocycles. The highest BCUT2D eigenvalue weighted by Crippen LogP contribution is 2.31. The van der Waals surface area contributed by atoms with E-state index in [4.69, 9.17) is 9.41 Å². The van der Waals surface area contributed by atoms with Gasteiger partial charge in [0.05, 0.1) is 5.70 Å². The van der Waals surface area contributed by atoms with Gasteiger partial charge in [0, 0.05) is 22.0 Å². The SMILES string of the molecule is CC/C=C(/N=C(CC)c1cccc(C)c1)c1ccc2c(c1)oc1ccccc12. The van der Waals surface area contributed by atoms with E-state index < -0.39 is 0 Å². The largest absolute Gasteiger partial charge is 0.456 e.